The molecule has 58 heavy (non-hydrogen) atoms. The number of hydrogen-bond donors (Lipinski definition) is 2. The molecule has 2 aliphatic carbocycles. The van der Waals surface area contributed by atoms with E-state index in [4.69, 9.17) is 20.2 Å². The molecule has 14 heteroatoms. The lowest BCUT2D eigenvalue weighted by Crippen LogP contribution is -2.55. The average molecular weight is 815 g/mol. The molecule has 2 aromatic carbocycles. The average Bonchev–Trinajstić information content (AvgIpc) is 4.17. The molecule has 8 rings (SSSR count). The van der Waals surface area contributed by atoms with Crippen LogP contribution in [0.5, 0.6) is 11.5 Å². The normalized spacial score (nSPS) is 27.1. The number of rotatable bonds is 8. The van der Waals surface area contributed by atoms with Crippen LogP contribution in [0.25, 0.3) is 22.2 Å². The van der Waals surface area contributed by atoms with Crippen molar-refractivity contribution in [3.8, 4) is 22.8 Å². The quantitative estimate of drug-likeness (QED) is 0.281. The van der Waals surface area contributed by atoms with Crippen molar-refractivity contribution in [3.63, 3.8) is 0 Å². The number of pyridine rings is 1. The first-order chi connectivity index (χ1) is 28.1. The summed E-state index contributed by atoms with van der Waals surface area (Å²) in [6, 6.07) is 16.5. The molecular weight excluding hydrogens is 759 g/mol. The summed E-state index contributed by atoms with van der Waals surface area (Å²) < 4.78 is 31.8. The van der Waals surface area contributed by atoms with Gasteiger partial charge >= 0.3 is 0 Å². The van der Waals surface area contributed by atoms with Gasteiger partial charge in [-0.1, -0.05) is 73.5 Å². The van der Waals surface area contributed by atoms with Crippen LogP contribution in [0.15, 0.2) is 54.6 Å². The number of nitrogens with two attached hydrogens (primary N) is 1. The smallest absolute Gasteiger partial charge is 0.243 e. The molecule has 5 fully saturated rings. The van der Waals surface area contributed by atoms with Crippen LogP contribution in [-0.2, 0) is 30.3 Å². The van der Waals surface area contributed by atoms with Gasteiger partial charge < -0.3 is 34.9 Å². The minimum absolute atomic E-state index is 0.00425. The van der Waals surface area contributed by atoms with Crippen LogP contribution < -0.4 is 20.5 Å². The van der Waals surface area contributed by atoms with Crippen LogP contribution in [0.4, 0.5) is 0 Å². The Bertz CT molecular complexity index is 1990. The monoisotopic (exact) mass is 814 g/mol. The highest BCUT2D eigenvalue weighted by atomic mass is 32.2. The number of primary amides is 1. The molecular formula is C44H56N5O8S-. The van der Waals surface area contributed by atoms with E-state index < -0.39 is 46.5 Å². The standard InChI is InChI=1S/C41H51N5O6.C3H6O2S/c1-51-30-17-18-32-34(22-30)43-33(27-13-8-5-9-14-27)24-36(32)52-31-23-35-38(48)44-41(40(42)50)25-29(41)16-10-4-2-3-7-15-28(39(49)46(35)26-31)21-37(47)45-19-11-6-12-20-45;4-6(5)3-1-2-3/h5,8-9,13-14,17-18,22,24,28-29,31,35H,2-4,6-7,10-12,15-16,19-21,23,25-26H2,1H3,(H2,42,50)(H,44,48);3H,1-2H2,(H,4,5)/p-1/t28-,29-,31-,35+,41-;/m1./s1. The summed E-state index contributed by atoms with van der Waals surface area (Å²) >= 11 is -1.76. The van der Waals surface area contributed by atoms with E-state index in [-0.39, 0.29) is 42.4 Å². The number of carbonyl (C=O) groups is 4. The zero-order valence-electron chi connectivity index (χ0n) is 33.4. The van der Waals surface area contributed by atoms with Crippen molar-refractivity contribution in [2.45, 2.75) is 119 Å². The summed E-state index contributed by atoms with van der Waals surface area (Å²) in [5.74, 6) is -0.445. The highest BCUT2D eigenvalue weighted by Gasteiger charge is 2.60. The minimum Gasteiger partial charge on any atom is -0.772 e. The van der Waals surface area contributed by atoms with Crippen molar-refractivity contribution in [1.29, 1.82) is 0 Å². The number of piperidine rings is 1. The summed E-state index contributed by atoms with van der Waals surface area (Å²) in [6.07, 6.45) is 11.3. The van der Waals surface area contributed by atoms with E-state index in [1.165, 1.54) is 0 Å². The Balaban J connectivity index is 0.000000783. The second-order valence-electron chi connectivity index (χ2n) is 16.6. The minimum atomic E-state index is -1.76. The molecule has 3 aromatic rings. The van der Waals surface area contributed by atoms with E-state index in [9.17, 15) is 27.9 Å². The zero-order chi connectivity index (χ0) is 40.8. The van der Waals surface area contributed by atoms with E-state index in [1.807, 2.05) is 59.5 Å². The summed E-state index contributed by atoms with van der Waals surface area (Å²) in [7, 11) is 1.61. The topological polar surface area (TPSA) is 184 Å². The Labute approximate surface area is 343 Å². The Morgan fingerprint density at radius 2 is 1.66 bits per heavy atom. The third-order valence-corrected chi connectivity index (χ3v) is 13.5. The maximum absolute atomic E-state index is 14.7. The van der Waals surface area contributed by atoms with Crippen LogP contribution in [-0.4, -0.2) is 96.9 Å². The van der Waals surface area contributed by atoms with Crippen molar-refractivity contribution in [2.75, 3.05) is 26.7 Å². The lowest BCUT2D eigenvalue weighted by Gasteiger charge is -2.31. The number of nitrogens with one attached hydrogen (secondary N) is 1. The molecule has 2 saturated carbocycles. The fourth-order valence-electron chi connectivity index (χ4n) is 8.81. The molecule has 1 aromatic heterocycles. The first kappa shape index (κ1) is 41.6. The summed E-state index contributed by atoms with van der Waals surface area (Å²) in [5.41, 5.74) is 7.16. The van der Waals surface area contributed by atoms with Crippen molar-refractivity contribution in [3.05, 3.63) is 54.6 Å². The summed E-state index contributed by atoms with van der Waals surface area (Å²) in [6.45, 7) is 1.61. The largest absolute Gasteiger partial charge is 0.772 e. The van der Waals surface area contributed by atoms with Gasteiger partial charge in [-0.05, 0) is 69.4 Å². The van der Waals surface area contributed by atoms with Gasteiger partial charge in [0.2, 0.25) is 23.6 Å². The van der Waals surface area contributed by atoms with Gasteiger partial charge in [-0.15, -0.1) is 0 Å². The lowest BCUT2D eigenvalue weighted by molar-refractivity contribution is -0.145. The van der Waals surface area contributed by atoms with Crippen LogP contribution in [0.1, 0.15) is 96.3 Å². The molecule has 0 radical (unpaired) electrons. The molecule has 3 N–H and O–H groups in total. The van der Waals surface area contributed by atoms with Gasteiger partial charge in [0.1, 0.15) is 29.2 Å². The number of amides is 4. The van der Waals surface area contributed by atoms with Crippen LogP contribution in [0.3, 0.4) is 0 Å². The first-order valence-electron chi connectivity index (χ1n) is 21.1. The third-order valence-electron chi connectivity index (χ3n) is 12.5. The number of fused-ring (bicyclic) bond motifs is 3. The van der Waals surface area contributed by atoms with Crippen molar-refractivity contribution < 1.29 is 37.4 Å². The van der Waals surface area contributed by atoms with Crippen LogP contribution in [0, 0.1) is 11.8 Å². The zero-order valence-corrected chi connectivity index (χ0v) is 34.2. The highest BCUT2D eigenvalue weighted by Crippen LogP contribution is 2.47. The van der Waals surface area contributed by atoms with E-state index in [2.05, 4.69) is 5.32 Å². The van der Waals surface area contributed by atoms with Gasteiger partial charge in [0.25, 0.3) is 0 Å². The number of hydrogen-bond acceptors (Lipinski definition) is 9. The van der Waals surface area contributed by atoms with Crippen molar-refractivity contribution in [1.82, 2.24) is 20.1 Å². The third kappa shape index (κ3) is 9.82. The molecule has 0 spiro atoms. The SMILES string of the molecule is COc1ccc2c(O[C@@H]3C[C@H]4C(=O)N[C@]5(C(N)=O)C[C@H]5CCCCCCC[C@H](CC(=O)N5CCCCC5)C(=O)N4C3)cc(-c3ccccc3)nc2c1.O=S([O-])C1CC1. The first-order valence-corrected chi connectivity index (χ1v) is 22.2. The molecule has 5 aliphatic rings. The van der Waals surface area contributed by atoms with Gasteiger partial charge in [0, 0.05) is 60.2 Å². The predicted octanol–water partition coefficient (Wildman–Crippen LogP) is 5.41. The lowest BCUT2D eigenvalue weighted by atomic mass is 9.94. The van der Waals surface area contributed by atoms with E-state index in [1.54, 1.807) is 12.0 Å². The molecule has 3 saturated heterocycles. The maximum Gasteiger partial charge on any atom is 0.243 e. The van der Waals surface area contributed by atoms with Crippen LogP contribution in [0.2, 0.25) is 0 Å². The van der Waals surface area contributed by atoms with Gasteiger partial charge in [0.05, 0.1) is 24.9 Å². The maximum atomic E-state index is 14.7. The number of benzene rings is 2. The molecule has 4 amide bonds. The number of carbonyl (C=O) groups excluding carboxylic acids is 4. The second-order valence-corrected chi connectivity index (χ2v) is 17.8. The molecule has 3 aliphatic heterocycles. The van der Waals surface area contributed by atoms with E-state index in [0.717, 1.165) is 100 Å². The number of methoxy groups -OCH3 is 1. The predicted molar refractivity (Wildman–Crippen MR) is 219 cm³/mol. The molecule has 6 atom stereocenters. The molecule has 312 valence electrons. The fraction of sp³-hybridized carbons (Fsp3) is 0.568. The number of ether oxygens (including phenoxy) is 2. The van der Waals surface area contributed by atoms with E-state index >= 15 is 0 Å². The van der Waals surface area contributed by atoms with Crippen molar-refractivity contribution in [2.24, 2.45) is 17.6 Å². The fourth-order valence-corrected chi connectivity index (χ4v) is 9.33. The van der Waals surface area contributed by atoms with Crippen molar-refractivity contribution >= 4 is 45.6 Å². The molecule has 0 bridgehead atoms. The Hall–Kier alpha value is -4.56. The number of nitrogens with zero attached hydrogens (tertiary/aromatic N) is 3. The second kappa shape index (κ2) is 18.6. The van der Waals surface area contributed by atoms with Gasteiger partial charge in [-0.25, -0.2) is 4.98 Å². The van der Waals surface area contributed by atoms with Crippen LogP contribution >= 0.6 is 0 Å². The highest BCUT2D eigenvalue weighted by molar-refractivity contribution is 7.80. The molecule has 13 nitrogen and oxygen atoms in total. The molecule has 1 unspecified atom stereocenters. The number of likely N-dealkylation sites (tertiary alicyclic amines) is 1. The van der Waals surface area contributed by atoms with Gasteiger partial charge in [-0.3, -0.25) is 23.4 Å². The number of aromatic nitrogens is 1. The van der Waals surface area contributed by atoms with Gasteiger partial charge in [0.15, 0.2) is 0 Å². The van der Waals surface area contributed by atoms with Gasteiger partial charge in [-0.2, -0.15) is 0 Å². The molecule has 4 heterocycles. The summed E-state index contributed by atoms with van der Waals surface area (Å²) in [4.78, 5) is 63.7. The summed E-state index contributed by atoms with van der Waals surface area (Å²) in [5, 5.41) is 3.83. The Kier molecular flexibility index (Phi) is 13.3. The Morgan fingerprint density at radius 3 is 2.33 bits per heavy atom. The Morgan fingerprint density at radius 1 is 0.948 bits per heavy atom. The van der Waals surface area contributed by atoms with E-state index in [0.29, 0.717) is 29.9 Å².